The Morgan fingerprint density at radius 2 is 1.91 bits per heavy atom. The maximum absolute atomic E-state index is 10.9. The van der Waals surface area contributed by atoms with Gasteiger partial charge in [0.25, 0.3) is 0 Å². The first-order chi connectivity index (χ1) is 17.0. The molecule has 0 bridgehead atoms. The number of aryl methyl sites for hydroxylation is 1. The van der Waals surface area contributed by atoms with Gasteiger partial charge < -0.3 is 14.6 Å². The monoisotopic (exact) mass is 559 g/mol. The van der Waals surface area contributed by atoms with Crippen LogP contribution in [0.15, 0.2) is 52.5 Å². The van der Waals surface area contributed by atoms with Crippen molar-refractivity contribution in [2.45, 2.75) is 25.8 Å². The summed E-state index contributed by atoms with van der Waals surface area (Å²) in [6.07, 6.45) is 1.30. The maximum Gasteiger partial charge on any atom is 0.206 e. The molecule has 2 N–H and O–H groups in total. The van der Waals surface area contributed by atoms with E-state index in [1.54, 1.807) is 46.1 Å². The highest BCUT2D eigenvalue weighted by atomic mass is 32.2. The van der Waals surface area contributed by atoms with Gasteiger partial charge in [-0.3, -0.25) is 4.21 Å². The summed E-state index contributed by atoms with van der Waals surface area (Å²) in [6, 6.07) is 11.3. The van der Waals surface area contributed by atoms with Crippen molar-refractivity contribution in [2.24, 2.45) is 0 Å². The van der Waals surface area contributed by atoms with Gasteiger partial charge in [0.05, 0.1) is 27.3 Å². The summed E-state index contributed by atoms with van der Waals surface area (Å²) in [5.74, 6) is 0. The van der Waals surface area contributed by atoms with Crippen molar-refractivity contribution in [1.29, 1.82) is 0 Å². The third-order valence-corrected chi connectivity index (χ3v) is 8.95. The summed E-state index contributed by atoms with van der Waals surface area (Å²) < 4.78 is 24.2. The standard InChI is InChI=1S/C22H20N6O2S5/c1-13-23-16(11-32-13)10-20-26-27-22(34-20)25-17(9-14-4-6-15(7-5-14)28-35(29)30)18-12-33-21(24-18)19-3-2-8-31-19/h2-8,11-12,17,28H,9-10H2,1H3,(H,25,27)(H,29,30)/p-1/t17-/m0/s1. The molecule has 0 spiro atoms. The van der Waals surface area contributed by atoms with Crippen LogP contribution in [0.3, 0.4) is 0 Å². The topological polar surface area (TPSA) is 116 Å². The molecule has 4 heterocycles. The molecule has 180 valence electrons. The molecule has 0 saturated carbocycles. The quantitative estimate of drug-likeness (QED) is 0.212. The molecule has 1 unspecified atom stereocenters. The lowest BCUT2D eigenvalue weighted by Gasteiger charge is -2.17. The van der Waals surface area contributed by atoms with Gasteiger partial charge in [0.1, 0.15) is 10.0 Å². The molecule has 35 heavy (non-hydrogen) atoms. The van der Waals surface area contributed by atoms with E-state index in [1.165, 1.54) is 11.3 Å². The van der Waals surface area contributed by atoms with Gasteiger partial charge in [0, 0.05) is 34.1 Å². The van der Waals surface area contributed by atoms with Crippen molar-refractivity contribution in [2.75, 3.05) is 10.0 Å². The molecule has 0 fully saturated rings. The van der Waals surface area contributed by atoms with Crippen molar-refractivity contribution >= 4 is 67.4 Å². The fourth-order valence-corrected chi connectivity index (χ4v) is 6.84. The van der Waals surface area contributed by atoms with Gasteiger partial charge in [-0.25, -0.2) is 9.97 Å². The van der Waals surface area contributed by atoms with Crippen LogP contribution >= 0.6 is 45.3 Å². The van der Waals surface area contributed by atoms with Gasteiger partial charge in [-0.15, -0.1) is 44.2 Å². The lowest BCUT2D eigenvalue weighted by Crippen LogP contribution is -2.14. The molecular formula is C22H19N6O2S5-. The number of rotatable bonds is 10. The molecule has 4 aromatic heterocycles. The lowest BCUT2D eigenvalue weighted by molar-refractivity contribution is 0.542. The average Bonchev–Trinajstić information content (AvgIpc) is 3.63. The van der Waals surface area contributed by atoms with Crippen molar-refractivity contribution in [3.8, 4) is 9.88 Å². The number of thiophene rings is 1. The summed E-state index contributed by atoms with van der Waals surface area (Å²) in [4.78, 5) is 10.6. The van der Waals surface area contributed by atoms with Crippen molar-refractivity contribution < 1.29 is 8.76 Å². The Labute approximate surface area is 220 Å². The van der Waals surface area contributed by atoms with Gasteiger partial charge in [0.15, 0.2) is 0 Å². The molecular weight excluding hydrogens is 541 g/mol. The third kappa shape index (κ3) is 6.37. The molecule has 0 saturated heterocycles. The zero-order chi connectivity index (χ0) is 24.2. The number of thiazole rings is 2. The first-order valence-corrected chi connectivity index (χ1v) is 15.0. The largest absolute Gasteiger partial charge is 0.755 e. The predicted molar refractivity (Wildman–Crippen MR) is 144 cm³/mol. The Kier molecular flexibility index (Phi) is 7.60. The van der Waals surface area contributed by atoms with Gasteiger partial charge >= 0.3 is 0 Å². The first-order valence-electron chi connectivity index (χ1n) is 10.5. The number of benzene rings is 1. The van der Waals surface area contributed by atoms with Gasteiger partial charge in [0.2, 0.25) is 5.13 Å². The van der Waals surface area contributed by atoms with Crippen molar-refractivity contribution in [1.82, 2.24) is 20.2 Å². The Morgan fingerprint density at radius 1 is 1.06 bits per heavy atom. The summed E-state index contributed by atoms with van der Waals surface area (Å²) in [5.41, 5.74) is 3.48. The Hall–Kier alpha value is -2.55. The summed E-state index contributed by atoms with van der Waals surface area (Å²) in [7, 11) is 0. The van der Waals surface area contributed by atoms with Crippen LogP contribution in [-0.4, -0.2) is 28.9 Å². The van der Waals surface area contributed by atoms with Crippen LogP contribution in [-0.2, 0) is 24.1 Å². The van der Waals surface area contributed by atoms with E-state index in [1.807, 2.05) is 30.5 Å². The van der Waals surface area contributed by atoms with E-state index in [0.717, 1.165) is 42.0 Å². The molecule has 0 amide bonds. The zero-order valence-corrected chi connectivity index (χ0v) is 22.4. The minimum absolute atomic E-state index is 0.130. The minimum Gasteiger partial charge on any atom is -0.755 e. The second kappa shape index (κ2) is 11.0. The summed E-state index contributed by atoms with van der Waals surface area (Å²) in [5, 5.41) is 22.0. The highest BCUT2D eigenvalue weighted by molar-refractivity contribution is 7.80. The summed E-state index contributed by atoms with van der Waals surface area (Å²) in [6.45, 7) is 1.99. The Bertz CT molecular complexity index is 1410. The molecule has 2 atom stereocenters. The van der Waals surface area contributed by atoms with Gasteiger partial charge in [-0.2, -0.15) is 0 Å². The maximum atomic E-state index is 10.9. The van der Waals surface area contributed by atoms with E-state index in [0.29, 0.717) is 18.5 Å². The third-order valence-electron chi connectivity index (χ3n) is 4.97. The minimum atomic E-state index is -2.35. The number of hydrogen-bond donors (Lipinski definition) is 2. The molecule has 5 aromatic rings. The molecule has 13 heteroatoms. The molecule has 5 rings (SSSR count). The van der Waals surface area contributed by atoms with E-state index in [4.69, 9.17) is 4.98 Å². The van der Waals surface area contributed by atoms with Crippen LogP contribution in [0.1, 0.15) is 33.0 Å². The fraction of sp³-hybridized carbons (Fsp3) is 0.182. The smallest absolute Gasteiger partial charge is 0.206 e. The number of hydrogen-bond acceptors (Lipinski definition) is 11. The Morgan fingerprint density at radius 3 is 2.63 bits per heavy atom. The van der Waals surface area contributed by atoms with Gasteiger partial charge in [-0.1, -0.05) is 29.5 Å². The highest BCUT2D eigenvalue weighted by Gasteiger charge is 2.19. The second-order valence-corrected chi connectivity index (χ2v) is 12.1. The number of aromatic nitrogens is 4. The first kappa shape index (κ1) is 24.2. The molecule has 0 aliphatic carbocycles. The molecule has 8 nitrogen and oxygen atoms in total. The van der Waals surface area contributed by atoms with Crippen LogP contribution in [0.25, 0.3) is 9.88 Å². The van der Waals surface area contributed by atoms with E-state index in [9.17, 15) is 8.76 Å². The fourth-order valence-electron chi connectivity index (χ4n) is 3.41. The van der Waals surface area contributed by atoms with E-state index in [2.05, 4.69) is 42.0 Å². The Balaban J connectivity index is 1.36. The number of nitrogens with zero attached hydrogens (tertiary/aromatic N) is 4. The van der Waals surface area contributed by atoms with Crippen LogP contribution in [0.5, 0.6) is 0 Å². The predicted octanol–water partition coefficient (Wildman–Crippen LogP) is 5.68. The normalized spacial score (nSPS) is 13.0. The second-order valence-electron chi connectivity index (χ2n) is 7.53. The van der Waals surface area contributed by atoms with Crippen LogP contribution < -0.4 is 10.0 Å². The van der Waals surface area contributed by atoms with Crippen molar-refractivity contribution in [3.05, 3.63) is 79.5 Å². The SMILES string of the molecule is Cc1nc(Cc2nnc(N[C@@H](Cc3ccc(NS(=O)[O-])cc3)c3csc(-c4cccs4)n3)s2)cs1. The number of anilines is 2. The van der Waals surface area contributed by atoms with Crippen LogP contribution in [0.4, 0.5) is 10.8 Å². The zero-order valence-electron chi connectivity index (χ0n) is 18.3. The summed E-state index contributed by atoms with van der Waals surface area (Å²) >= 11 is 4.08. The van der Waals surface area contributed by atoms with E-state index >= 15 is 0 Å². The lowest BCUT2D eigenvalue weighted by atomic mass is 10.0. The van der Waals surface area contributed by atoms with Crippen LogP contribution in [0, 0.1) is 6.92 Å². The number of nitrogens with one attached hydrogen (secondary N) is 2. The van der Waals surface area contributed by atoms with Gasteiger partial charge in [-0.05, 0) is 42.5 Å². The van der Waals surface area contributed by atoms with E-state index in [-0.39, 0.29) is 6.04 Å². The van der Waals surface area contributed by atoms with Crippen LogP contribution in [0.2, 0.25) is 0 Å². The highest BCUT2D eigenvalue weighted by Crippen LogP contribution is 2.33. The molecule has 0 radical (unpaired) electrons. The van der Waals surface area contributed by atoms with E-state index < -0.39 is 11.3 Å². The van der Waals surface area contributed by atoms with Crippen molar-refractivity contribution in [3.63, 3.8) is 0 Å². The molecule has 0 aliphatic heterocycles. The molecule has 1 aromatic carbocycles. The average molecular weight is 560 g/mol. The molecule has 0 aliphatic rings.